The molecule has 28 heavy (non-hydrogen) atoms. The summed E-state index contributed by atoms with van der Waals surface area (Å²) in [5.41, 5.74) is 2.48. The van der Waals surface area contributed by atoms with E-state index >= 15 is 0 Å². The molecule has 1 aromatic carbocycles. The van der Waals surface area contributed by atoms with Gasteiger partial charge in [0.2, 0.25) is 5.88 Å². The minimum Gasteiger partial charge on any atom is -0.473 e. The third-order valence-corrected chi connectivity index (χ3v) is 4.66. The van der Waals surface area contributed by atoms with Crippen molar-refractivity contribution in [2.24, 2.45) is 0 Å². The second-order valence-corrected chi connectivity index (χ2v) is 6.96. The van der Waals surface area contributed by atoms with Crippen LogP contribution in [0, 0.1) is 0 Å². The lowest BCUT2D eigenvalue weighted by Crippen LogP contribution is -2.25. The summed E-state index contributed by atoms with van der Waals surface area (Å²) in [6, 6.07) is 10.7. The molecule has 0 aliphatic heterocycles. The Labute approximate surface area is 166 Å². The van der Waals surface area contributed by atoms with Crippen LogP contribution in [0.5, 0.6) is 5.88 Å². The van der Waals surface area contributed by atoms with Crippen LogP contribution in [0.15, 0.2) is 47.1 Å². The average Bonchev–Trinajstić information content (AvgIpc) is 3.44. The van der Waals surface area contributed by atoms with Gasteiger partial charge in [-0.15, -0.1) is 0 Å². The van der Waals surface area contributed by atoms with E-state index in [-0.39, 0.29) is 19.1 Å². The zero-order valence-corrected chi connectivity index (χ0v) is 15.6. The molecule has 7 nitrogen and oxygen atoms in total. The van der Waals surface area contributed by atoms with Crippen LogP contribution < -0.4 is 10.1 Å². The molecule has 2 heterocycles. The topological polar surface area (TPSA) is 97.5 Å². The first kappa shape index (κ1) is 18.5. The normalized spacial score (nSPS) is 13.4. The third-order valence-electron chi connectivity index (χ3n) is 4.41. The summed E-state index contributed by atoms with van der Waals surface area (Å²) in [6.07, 6.45) is 3.54. The van der Waals surface area contributed by atoms with Gasteiger partial charge < -0.3 is 19.7 Å². The summed E-state index contributed by atoms with van der Waals surface area (Å²) in [5.74, 6) is 0.550. The zero-order valence-electron chi connectivity index (χ0n) is 14.9. The minimum absolute atomic E-state index is 0.109. The third kappa shape index (κ3) is 4.16. The van der Waals surface area contributed by atoms with Crippen molar-refractivity contribution >= 4 is 17.5 Å². The number of rotatable bonds is 7. The first-order valence-corrected chi connectivity index (χ1v) is 9.26. The van der Waals surface area contributed by atoms with Crippen LogP contribution >= 0.6 is 11.6 Å². The molecule has 1 aliphatic rings. The summed E-state index contributed by atoms with van der Waals surface area (Å²) in [4.78, 5) is 16.2. The number of aliphatic hydroxyl groups excluding tert-OH is 1. The summed E-state index contributed by atoms with van der Waals surface area (Å²) in [5, 5.41) is 17.1. The zero-order chi connectivity index (χ0) is 19.5. The van der Waals surface area contributed by atoms with Gasteiger partial charge in [0.1, 0.15) is 18.9 Å². The molecule has 0 bridgehead atoms. The van der Waals surface area contributed by atoms with Crippen molar-refractivity contribution in [2.75, 3.05) is 0 Å². The maximum atomic E-state index is 12.0. The minimum atomic E-state index is -0.299. The van der Waals surface area contributed by atoms with Crippen LogP contribution in [-0.4, -0.2) is 27.2 Å². The molecule has 0 saturated heterocycles. The Morgan fingerprint density at radius 2 is 2.04 bits per heavy atom. The summed E-state index contributed by atoms with van der Waals surface area (Å²) in [7, 11) is 0. The SMILES string of the molecule is O=C(NC1CC1)c1ccc(OCc2c(-c3ccc(Cl)cc3)noc2CO)nc1. The van der Waals surface area contributed by atoms with Gasteiger partial charge in [-0.2, -0.15) is 0 Å². The number of amides is 1. The van der Waals surface area contributed by atoms with E-state index in [4.69, 9.17) is 20.9 Å². The van der Waals surface area contributed by atoms with Crippen LogP contribution in [-0.2, 0) is 13.2 Å². The van der Waals surface area contributed by atoms with Gasteiger partial charge in [-0.25, -0.2) is 4.98 Å². The maximum absolute atomic E-state index is 12.0. The van der Waals surface area contributed by atoms with Crippen molar-refractivity contribution in [3.05, 3.63) is 64.5 Å². The second kappa shape index (κ2) is 8.00. The van der Waals surface area contributed by atoms with Crippen LogP contribution in [0.3, 0.4) is 0 Å². The number of carbonyl (C=O) groups excluding carboxylic acids is 1. The van der Waals surface area contributed by atoms with Crippen molar-refractivity contribution < 1.29 is 19.2 Å². The van der Waals surface area contributed by atoms with Gasteiger partial charge in [0.05, 0.1) is 11.1 Å². The molecule has 3 aromatic rings. The molecule has 8 heteroatoms. The lowest BCUT2D eigenvalue weighted by atomic mass is 10.1. The highest BCUT2D eigenvalue weighted by Gasteiger charge is 2.24. The highest BCUT2D eigenvalue weighted by molar-refractivity contribution is 6.30. The molecule has 2 N–H and O–H groups in total. The number of halogens is 1. The standard InChI is InChI=1S/C20H18ClN3O4/c21-14-4-1-12(2-5-14)19-16(17(10-25)28-24-19)11-27-18-8-3-13(9-22-18)20(26)23-15-6-7-15/h1-5,8-9,15,25H,6-7,10-11H2,(H,23,26). The molecule has 2 aromatic heterocycles. The number of pyridine rings is 1. The molecule has 1 amide bonds. The fourth-order valence-electron chi connectivity index (χ4n) is 2.69. The maximum Gasteiger partial charge on any atom is 0.253 e. The van der Waals surface area contributed by atoms with E-state index in [0.717, 1.165) is 18.4 Å². The number of aliphatic hydroxyl groups is 1. The Morgan fingerprint density at radius 3 is 2.68 bits per heavy atom. The molecule has 0 atom stereocenters. The predicted molar refractivity (Wildman–Crippen MR) is 102 cm³/mol. The van der Waals surface area contributed by atoms with Crippen LogP contribution in [0.2, 0.25) is 5.02 Å². The molecule has 0 radical (unpaired) electrons. The van der Waals surface area contributed by atoms with Gasteiger partial charge in [-0.1, -0.05) is 28.9 Å². The van der Waals surface area contributed by atoms with Crippen molar-refractivity contribution in [3.8, 4) is 17.1 Å². The predicted octanol–water partition coefficient (Wildman–Crippen LogP) is 3.35. The first-order valence-electron chi connectivity index (χ1n) is 8.88. The summed E-state index contributed by atoms with van der Waals surface area (Å²) >= 11 is 5.93. The van der Waals surface area contributed by atoms with E-state index in [1.54, 1.807) is 24.3 Å². The number of carbonyl (C=O) groups is 1. The molecule has 4 rings (SSSR count). The van der Waals surface area contributed by atoms with Gasteiger partial charge >= 0.3 is 0 Å². The molecule has 0 spiro atoms. The van der Waals surface area contributed by atoms with Gasteiger partial charge in [0, 0.05) is 28.9 Å². The van der Waals surface area contributed by atoms with Crippen molar-refractivity contribution in [1.82, 2.24) is 15.5 Å². The monoisotopic (exact) mass is 399 g/mol. The Bertz CT molecular complexity index is 966. The lowest BCUT2D eigenvalue weighted by molar-refractivity contribution is 0.0950. The van der Waals surface area contributed by atoms with E-state index in [0.29, 0.717) is 39.5 Å². The first-order chi connectivity index (χ1) is 13.6. The molecular weight excluding hydrogens is 382 g/mol. The second-order valence-electron chi connectivity index (χ2n) is 6.52. The Morgan fingerprint density at radius 1 is 1.25 bits per heavy atom. The van der Waals surface area contributed by atoms with Gasteiger partial charge in [0.25, 0.3) is 5.91 Å². The van der Waals surface area contributed by atoms with E-state index in [9.17, 15) is 9.90 Å². The van der Waals surface area contributed by atoms with Crippen molar-refractivity contribution in [3.63, 3.8) is 0 Å². The van der Waals surface area contributed by atoms with Gasteiger partial charge in [-0.3, -0.25) is 4.79 Å². The number of hydrogen-bond acceptors (Lipinski definition) is 6. The molecule has 1 saturated carbocycles. The highest BCUT2D eigenvalue weighted by atomic mass is 35.5. The fraction of sp³-hybridized carbons (Fsp3) is 0.250. The van der Waals surface area contributed by atoms with Crippen LogP contribution in [0.25, 0.3) is 11.3 Å². The Kier molecular flexibility index (Phi) is 5.27. The number of ether oxygens (including phenoxy) is 1. The highest BCUT2D eigenvalue weighted by Crippen LogP contribution is 2.28. The molecule has 1 aliphatic carbocycles. The molecular formula is C20H18ClN3O4. The number of hydrogen-bond donors (Lipinski definition) is 2. The number of benzene rings is 1. The fourth-order valence-corrected chi connectivity index (χ4v) is 2.82. The number of nitrogens with zero attached hydrogens (tertiary/aromatic N) is 2. The molecule has 0 unspecified atom stereocenters. The van der Waals surface area contributed by atoms with Crippen LogP contribution in [0.1, 0.15) is 34.5 Å². The smallest absolute Gasteiger partial charge is 0.253 e. The lowest BCUT2D eigenvalue weighted by Gasteiger charge is -2.08. The van der Waals surface area contributed by atoms with E-state index < -0.39 is 0 Å². The summed E-state index contributed by atoms with van der Waals surface area (Å²) < 4.78 is 11.0. The van der Waals surface area contributed by atoms with Gasteiger partial charge in [0.15, 0.2) is 5.76 Å². The average molecular weight is 400 g/mol. The summed E-state index contributed by atoms with van der Waals surface area (Å²) in [6.45, 7) is -0.190. The van der Waals surface area contributed by atoms with E-state index in [2.05, 4.69) is 15.5 Å². The molecule has 1 fully saturated rings. The van der Waals surface area contributed by atoms with E-state index in [1.165, 1.54) is 6.20 Å². The molecule has 144 valence electrons. The Balaban J connectivity index is 1.47. The number of aromatic nitrogens is 2. The Hall–Kier alpha value is -2.90. The van der Waals surface area contributed by atoms with Gasteiger partial charge in [-0.05, 0) is 31.0 Å². The quantitative estimate of drug-likeness (QED) is 0.632. The van der Waals surface area contributed by atoms with E-state index in [1.807, 2.05) is 12.1 Å². The largest absolute Gasteiger partial charge is 0.473 e. The number of nitrogens with one attached hydrogen (secondary N) is 1. The van der Waals surface area contributed by atoms with Crippen molar-refractivity contribution in [2.45, 2.75) is 32.1 Å². The van der Waals surface area contributed by atoms with Crippen molar-refractivity contribution in [1.29, 1.82) is 0 Å². The van der Waals surface area contributed by atoms with Crippen LogP contribution in [0.4, 0.5) is 0 Å².